The van der Waals surface area contributed by atoms with Crippen molar-refractivity contribution >= 4 is 11.9 Å². The number of carbonyl (C=O) groups excluding carboxylic acids is 1. The molecular weight excluding hydrogens is 418 g/mol. The summed E-state index contributed by atoms with van der Waals surface area (Å²) >= 11 is 0. The largest absolute Gasteiger partial charge is 0.508 e. The molecule has 180 valence electrons. The van der Waals surface area contributed by atoms with Gasteiger partial charge in [0.1, 0.15) is 5.75 Å². The van der Waals surface area contributed by atoms with Gasteiger partial charge in [0.2, 0.25) is 5.91 Å². The number of carbonyl (C=O) groups is 1. The Kier molecular flexibility index (Phi) is 5.77. The van der Waals surface area contributed by atoms with Crippen LogP contribution in [0.3, 0.4) is 0 Å². The van der Waals surface area contributed by atoms with E-state index in [1.807, 2.05) is 12.1 Å². The van der Waals surface area contributed by atoms with Crippen LogP contribution in [0, 0.1) is 5.92 Å². The van der Waals surface area contributed by atoms with Crippen molar-refractivity contribution < 1.29 is 15.0 Å². The lowest BCUT2D eigenvalue weighted by molar-refractivity contribution is -0.137. The number of likely N-dealkylation sites (tertiary alicyclic amines) is 1. The zero-order valence-corrected chi connectivity index (χ0v) is 19.3. The Hall–Kier alpha value is -2.32. The summed E-state index contributed by atoms with van der Waals surface area (Å²) in [5.41, 5.74) is 11.7. The Bertz CT molecular complexity index is 944. The van der Waals surface area contributed by atoms with E-state index in [0.29, 0.717) is 12.8 Å². The number of aromatic hydroxyl groups is 1. The molecule has 1 aromatic rings. The van der Waals surface area contributed by atoms with Gasteiger partial charge in [-0.25, -0.2) is 0 Å². The third kappa shape index (κ3) is 4.08. The average molecular weight is 456 g/mol. The van der Waals surface area contributed by atoms with Gasteiger partial charge in [0, 0.05) is 30.5 Å². The van der Waals surface area contributed by atoms with Crippen LogP contribution in [0.2, 0.25) is 0 Å². The van der Waals surface area contributed by atoms with E-state index in [1.165, 1.54) is 18.4 Å². The van der Waals surface area contributed by atoms with Crippen LogP contribution in [0.1, 0.15) is 62.5 Å². The molecule has 3 aliphatic carbocycles. The van der Waals surface area contributed by atoms with Crippen molar-refractivity contribution in [3.63, 3.8) is 0 Å². The molecule has 4 unspecified atom stereocenters. The highest BCUT2D eigenvalue weighted by Crippen LogP contribution is 2.58. The number of guanidine groups is 1. The van der Waals surface area contributed by atoms with E-state index in [9.17, 15) is 15.0 Å². The van der Waals surface area contributed by atoms with E-state index in [-0.39, 0.29) is 42.7 Å². The molecule has 1 aliphatic heterocycles. The van der Waals surface area contributed by atoms with Crippen molar-refractivity contribution in [2.75, 3.05) is 19.6 Å². The lowest BCUT2D eigenvalue weighted by Gasteiger charge is -2.60. The third-order valence-electron chi connectivity index (χ3n) is 8.55. The Morgan fingerprint density at radius 1 is 1.24 bits per heavy atom. The zero-order chi connectivity index (χ0) is 23.2. The summed E-state index contributed by atoms with van der Waals surface area (Å²) < 4.78 is 0. The molecule has 1 amide bonds. The van der Waals surface area contributed by atoms with Gasteiger partial charge in [0.25, 0.3) is 0 Å². The van der Waals surface area contributed by atoms with Crippen LogP contribution in [0.5, 0.6) is 5.75 Å². The number of benzene rings is 1. The molecule has 2 bridgehead atoms. The second-order valence-corrected chi connectivity index (χ2v) is 10.7. The molecule has 4 atom stereocenters. The summed E-state index contributed by atoms with van der Waals surface area (Å²) in [7, 11) is 0. The first-order chi connectivity index (χ1) is 15.8. The minimum atomic E-state index is -0.862. The molecule has 2 saturated carbocycles. The molecule has 5 rings (SSSR count). The van der Waals surface area contributed by atoms with Gasteiger partial charge < -0.3 is 27.0 Å². The first kappa shape index (κ1) is 22.5. The quantitative estimate of drug-likeness (QED) is 0.322. The van der Waals surface area contributed by atoms with Crippen molar-refractivity contribution in [3.05, 3.63) is 29.3 Å². The number of nitrogens with one attached hydrogen (secondary N) is 1. The van der Waals surface area contributed by atoms with E-state index in [1.54, 1.807) is 6.07 Å². The molecule has 8 heteroatoms. The van der Waals surface area contributed by atoms with Crippen molar-refractivity contribution in [1.29, 1.82) is 0 Å². The summed E-state index contributed by atoms with van der Waals surface area (Å²) in [4.78, 5) is 19.0. The number of fused-ring (bicyclic) bond motifs is 1. The summed E-state index contributed by atoms with van der Waals surface area (Å²) in [6.45, 7) is 2.34. The monoisotopic (exact) mass is 455 g/mol. The van der Waals surface area contributed by atoms with Gasteiger partial charge in [-0.3, -0.25) is 14.7 Å². The highest BCUT2D eigenvalue weighted by Gasteiger charge is 2.63. The smallest absolute Gasteiger partial charge is 0.222 e. The van der Waals surface area contributed by atoms with Crippen LogP contribution in [0.25, 0.3) is 0 Å². The Morgan fingerprint density at radius 2 is 2.06 bits per heavy atom. The summed E-state index contributed by atoms with van der Waals surface area (Å²) in [6.07, 6.45) is 7.58. The number of aliphatic hydroxyl groups is 1. The second kappa shape index (κ2) is 8.47. The van der Waals surface area contributed by atoms with Crippen LogP contribution < -0.4 is 16.8 Å². The number of hydrogen-bond donors (Lipinski definition) is 5. The molecule has 0 aromatic heterocycles. The fourth-order valence-corrected chi connectivity index (χ4v) is 6.91. The molecule has 0 spiro atoms. The van der Waals surface area contributed by atoms with E-state index < -0.39 is 11.0 Å². The topological polar surface area (TPSA) is 137 Å². The zero-order valence-electron chi connectivity index (χ0n) is 19.3. The van der Waals surface area contributed by atoms with Crippen LogP contribution in [0.15, 0.2) is 23.2 Å². The predicted octanol–water partition coefficient (Wildman–Crippen LogP) is 1.12. The van der Waals surface area contributed by atoms with E-state index in [0.717, 1.165) is 50.3 Å². The predicted molar refractivity (Wildman–Crippen MR) is 127 cm³/mol. The third-order valence-corrected chi connectivity index (χ3v) is 8.55. The lowest BCUT2D eigenvalue weighted by Crippen LogP contribution is -2.69. The highest BCUT2D eigenvalue weighted by molar-refractivity contribution is 5.78. The second-order valence-electron chi connectivity index (χ2n) is 10.7. The summed E-state index contributed by atoms with van der Waals surface area (Å²) in [6, 6.07) is 5.73. The number of amides is 1. The molecular formula is C25H37N5O3. The van der Waals surface area contributed by atoms with Crippen LogP contribution in [-0.4, -0.2) is 64.3 Å². The molecule has 4 aliphatic rings. The summed E-state index contributed by atoms with van der Waals surface area (Å²) in [5.74, 6) is 0.928. The number of nitrogens with zero attached hydrogens (tertiary/aromatic N) is 2. The minimum Gasteiger partial charge on any atom is -0.508 e. The SMILES string of the molecule is NC(N)=NCCC(=O)NC1CCC2(O)C3Cc4ccc(O)cc4C2(CCCN3CC2CC2)C1. The van der Waals surface area contributed by atoms with Crippen molar-refractivity contribution in [1.82, 2.24) is 10.2 Å². The van der Waals surface area contributed by atoms with Gasteiger partial charge in [0.05, 0.1) is 12.1 Å². The van der Waals surface area contributed by atoms with Crippen molar-refractivity contribution in [2.45, 2.75) is 80.9 Å². The average Bonchev–Trinajstić information content (AvgIpc) is 3.58. The first-order valence-electron chi connectivity index (χ1n) is 12.4. The first-order valence-corrected chi connectivity index (χ1v) is 12.4. The number of aliphatic imine (C=N–C) groups is 1. The lowest BCUT2D eigenvalue weighted by atomic mass is 9.50. The van der Waals surface area contributed by atoms with Gasteiger partial charge >= 0.3 is 0 Å². The molecule has 0 radical (unpaired) electrons. The van der Waals surface area contributed by atoms with Crippen LogP contribution >= 0.6 is 0 Å². The fraction of sp³-hybridized carbons (Fsp3) is 0.680. The van der Waals surface area contributed by atoms with E-state index in [2.05, 4.69) is 15.2 Å². The molecule has 33 heavy (non-hydrogen) atoms. The van der Waals surface area contributed by atoms with Crippen molar-refractivity contribution in [3.8, 4) is 5.75 Å². The maximum absolute atomic E-state index is 12.6. The summed E-state index contributed by atoms with van der Waals surface area (Å²) in [5, 5.41) is 26.0. The number of phenolic OH excluding ortho intramolecular Hbond substituents is 1. The number of hydrogen-bond acceptors (Lipinski definition) is 5. The van der Waals surface area contributed by atoms with Crippen LogP contribution in [-0.2, 0) is 16.6 Å². The molecule has 7 N–H and O–H groups in total. The van der Waals surface area contributed by atoms with Gasteiger partial charge in [-0.05, 0) is 87.1 Å². The Balaban J connectivity index is 1.45. The van der Waals surface area contributed by atoms with Gasteiger partial charge in [-0.1, -0.05) is 6.07 Å². The molecule has 8 nitrogen and oxygen atoms in total. The maximum Gasteiger partial charge on any atom is 0.222 e. The Morgan fingerprint density at radius 3 is 2.82 bits per heavy atom. The number of nitrogens with two attached hydrogens (primary N) is 2. The molecule has 1 aromatic carbocycles. The molecule has 1 heterocycles. The van der Waals surface area contributed by atoms with Gasteiger partial charge in [0.15, 0.2) is 5.96 Å². The Labute approximate surface area is 195 Å². The van der Waals surface area contributed by atoms with E-state index >= 15 is 0 Å². The van der Waals surface area contributed by atoms with Gasteiger partial charge in [-0.15, -0.1) is 0 Å². The maximum atomic E-state index is 12.6. The number of phenols is 1. The van der Waals surface area contributed by atoms with Crippen molar-refractivity contribution in [2.24, 2.45) is 22.4 Å². The highest BCUT2D eigenvalue weighted by atomic mass is 16.3. The van der Waals surface area contributed by atoms with Gasteiger partial charge in [-0.2, -0.15) is 0 Å². The minimum absolute atomic E-state index is 0.0108. The normalized spacial score (nSPS) is 33.4. The van der Waals surface area contributed by atoms with E-state index in [4.69, 9.17) is 11.5 Å². The number of rotatable bonds is 6. The molecule has 3 fully saturated rings. The van der Waals surface area contributed by atoms with Crippen LogP contribution in [0.4, 0.5) is 0 Å². The standard InChI is InChI=1S/C25H37N5O3/c26-23(27)28-10-7-22(32)29-18-6-9-25(33)21-12-17-4-5-19(31)13-20(17)24(25,14-18)8-1-11-30(21)15-16-2-3-16/h4-5,13,16,18,21,31,33H,1-3,6-12,14-15H2,(H,29,32)(H4,26,27,28). The molecule has 1 saturated heterocycles. The fourth-order valence-electron chi connectivity index (χ4n) is 6.91.